The van der Waals surface area contributed by atoms with E-state index in [0.717, 1.165) is 22.4 Å². The first kappa shape index (κ1) is 18.3. The summed E-state index contributed by atoms with van der Waals surface area (Å²) in [5, 5.41) is 5.63. The molecule has 0 aliphatic carbocycles. The lowest BCUT2D eigenvalue weighted by atomic mass is 10.1. The molecule has 0 unspecified atom stereocenters. The molecule has 2 heterocycles. The van der Waals surface area contributed by atoms with Crippen molar-refractivity contribution in [3.8, 4) is 0 Å². The van der Waals surface area contributed by atoms with Crippen molar-refractivity contribution in [2.45, 2.75) is 20.4 Å². The Labute approximate surface area is 157 Å². The maximum atomic E-state index is 12.5. The lowest BCUT2D eigenvalue weighted by molar-refractivity contribution is 0.0946. The SMILES string of the molecule is Cc1cc(C)cc(NC(=O)c2ccnc(C(=O)NCc3cccnc3)c2)c1. The van der Waals surface area contributed by atoms with Crippen LogP contribution in [0.3, 0.4) is 0 Å². The van der Waals surface area contributed by atoms with Crippen molar-refractivity contribution >= 4 is 17.5 Å². The van der Waals surface area contributed by atoms with Crippen LogP contribution in [0.4, 0.5) is 5.69 Å². The van der Waals surface area contributed by atoms with Gasteiger partial charge in [-0.05, 0) is 60.9 Å². The van der Waals surface area contributed by atoms with Crippen LogP contribution in [0.2, 0.25) is 0 Å². The van der Waals surface area contributed by atoms with Crippen molar-refractivity contribution in [2.24, 2.45) is 0 Å². The van der Waals surface area contributed by atoms with Crippen molar-refractivity contribution in [1.29, 1.82) is 0 Å². The van der Waals surface area contributed by atoms with Crippen LogP contribution in [-0.4, -0.2) is 21.8 Å². The molecule has 27 heavy (non-hydrogen) atoms. The van der Waals surface area contributed by atoms with E-state index < -0.39 is 0 Å². The number of aryl methyl sites for hydroxylation is 2. The molecule has 2 N–H and O–H groups in total. The van der Waals surface area contributed by atoms with Gasteiger partial charge in [0.25, 0.3) is 11.8 Å². The first-order chi connectivity index (χ1) is 13.0. The average Bonchev–Trinajstić information content (AvgIpc) is 2.66. The van der Waals surface area contributed by atoms with E-state index in [1.165, 1.54) is 12.3 Å². The second kappa shape index (κ2) is 8.23. The van der Waals surface area contributed by atoms with E-state index in [-0.39, 0.29) is 17.5 Å². The lowest BCUT2D eigenvalue weighted by Gasteiger charge is -2.09. The van der Waals surface area contributed by atoms with E-state index in [0.29, 0.717) is 12.1 Å². The van der Waals surface area contributed by atoms with Crippen LogP contribution >= 0.6 is 0 Å². The van der Waals surface area contributed by atoms with E-state index in [9.17, 15) is 9.59 Å². The molecule has 0 spiro atoms. The van der Waals surface area contributed by atoms with Gasteiger partial charge in [-0.2, -0.15) is 0 Å². The van der Waals surface area contributed by atoms with Gasteiger partial charge in [-0.3, -0.25) is 19.6 Å². The zero-order chi connectivity index (χ0) is 19.2. The standard InChI is InChI=1S/C21H20N4O2/c1-14-8-15(2)10-18(9-14)25-20(26)17-5-7-23-19(11-17)21(27)24-13-16-4-3-6-22-12-16/h3-12H,13H2,1-2H3,(H,24,27)(H,25,26). The molecule has 136 valence electrons. The second-order valence-corrected chi connectivity index (χ2v) is 6.30. The number of anilines is 1. The molecule has 2 amide bonds. The van der Waals surface area contributed by atoms with Crippen molar-refractivity contribution in [3.63, 3.8) is 0 Å². The summed E-state index contributed by atoms with van der Waals surface area (Å²) in [7, 11) is 0. The number of amides is 2. The van der Waals surface area contributed by atoms with Crippen molar-refractivity contribution in [2.75, 3.05) is 5.32 Å². The van der Waals surface area contributed by atoms with Crippen LogP contribution in [0.5, 0.6) is 0 Å². The predicted octanol–water partition coefficient (Wildman–Crippen LogP) is 3.28. The van der Waals surface area contributed by atoms with Crippen molar-refractivity contribution in [1.82, 2.24) is 15.3 Å². The summed E-state index contributed by atoms with van der Waals surface area (Å²) in [5.74, 6) is -0.636. The summed E-state index contributed by atoms with van der Waals surface area (Å²) >= 11 is 0. The summed E-state index contributed by atoms with van der Waals surface area (Å²) < 4.78 is 0. The summed E-state index contributed by atoms with van der Waals surface area (Å²) in [6, 6.07) is 12.6. The number of aromatic nitrogens is 2. The Morgan fingerprint density at radius 2 is 1.74 bits per heavy atom. The molecule has 0 radical (unpaired) electrons. The highest BCUT2D eigenvalue weighted by Crippen LogP contribution is 2.15. The minimum absolute atomic E-state index is 0.187. The lowest BCUT2D eigenvalue weighted by Crippen LogP contribution is -2.24. The number of pyridine rings is 2. The third-order valence-corrected chi connectivity index (χ3v) is 3.91. The molecule has 0 saturated heterocycles. The van der Waals surface area contributed by atoms with E-state index in [1.807, 2.05) is 38.1 Å². The quantitative estimate of drug-likeness (QED) is 0.731. The van der Waals surface area contributed by atoms with Crippen LogP contribution < -0.4 is 10.6 Å². The Bertz CT molecular complexity index is 951. The number of hydrogen-bond donors (Lipinski definition) is 2. The first-order valence-electron chi connectivity index (χ1n) is 8.54. The van der Waals surface area contributed by atoms with Gasteiger partial charge in [0.05, 0.1) is 0 Å². The fourth-order valence-corrected chi connectivity index (χ4v) is 2.72. The molecule has 3 aromatic rings. The van der Waals surface area contributed by atoms with Crippen molar-refractivity contribution < 1.29 is 9.59 Å². The molecule has 1 aromatic carbocycles. The smallest absolute Gasteiger partial charge is 0.270 e. The molecule has 6 heteroatoms. The number of hydrogen-bond acceptors (Lipinski definition) is 4. The Morgan fingerprint density at radius 1 is 0.963 bits per heavy atom. The van der Waals surface area contributed by atoms with Gasteiger partial charge in [0.15, 0.2) is 0 Å². The number of benzene rings is 1. The van der Waals surface area contributed by atoms with Crippen LogP contribution in [0, 0.1) is 13.8 Å². The number of nitrogens with one attached hydrogen (secondary N) is 2. The predicted molar refractivity (Wildman–Crippen MR) is 104 cm³/mol. The van der Waals surface area contributed by atoms with Gasteiger partial charge in [0, 0.05) is 36.4 Å². The summed E-state index contributed by atoms with van der Waals surface area (Å²) in [4.78, 5) is 32.9. The van der Waals surface area contributed by atoms with Gasteiger partial charge >= 0.3 is 0 Å². The largest absolute Gasteiger partial charge is 0.347 e. The van der Waals surface area contributed by atoms with E-state index in [4.69, 9.17) is 0 Å². The van der Waals surface area contributed by atoms with Gasteiger partial charge in [0.1, 0.15) is 5.69 Å². The molecule has 6 nitrogen and oxygen atoms in total. The number of rotatable bonds is 5. The topological polar surface area (TPSA) is 84.0 Å². The highest BCUT2D eigenvalue weighted by Gasteiger charge is 2.12. The number of carbonyl (C=O) groups is 2. The fraction of sp³-hybridized carbons (Fsp3) is 0.143. The molecular weight excluding hydrogens is 340 g/mol. The summed E-state index contributed by atoms with van der Waals surface area (Å²) in [5.41, 5.74) is 4.29. The van der Waals surface area contributed by atoms with E-state index in [2.05, 4.69) is 20.6 Å². The zero-order valence-corrected chi connectivity index (χ0v) is 15.2. The molecule has 0 atom stereocenters. The fourth-order valence-electron chi connectivity index (χ4n) is 2.72. The zero-order valence-electron chi connectivity index (χ0n) is 15.2. The van der Waals surface area contributed by atoms with Gasteiger partial charge in [-0.25, -0.2) is 0 Å². The third-order valence-electron chi connectivity index (χ3n) is 3.91. The Balaban J connectivity index is 1.68. The van der Waals surface area contributed by atoms with Gasteiger partial charge in [-0.15, -0.1) is 0 Å². The van der Waals surface area contributed by atoms with Gasteiger partial charge in [-0.1, -0.05) is 12.1 Å². The Kier molecular flexibility index (Phi) is 5.56. The molecular formula is C21H20N4O2. The highest BCUT2D eigenvalue weighted by atomic mass is 16.2. The summed E-state index contributed by atoms with van der Waals surface area (Å²) in [6.45, 7) is 4.28. The van der Waals surface area contributed by atoms with Gasteiger partial charge < -0.3 is 10.6 Å². The Hall–Kier alpha value is -3.54. The molecule has 0 aliphatic heterocycles. The minimum atomic E-state index is -0.347. The van der Waals surface area contributed by atoms with E-state index in [1.54, 1.807) is 24.5 Å². The second-order valence-electron chi connectivity index (χ2n) is 6.30. The monoisotopic (exact) mass is 360 g/mol. The average molecular weight is 360 g/mol. The first-order valence-corrected chi connectivity index (χ1v) is 8.54. The van der Waals surface area contributed by atoms with Crippen LogP contribution in [0.25, 0.3) is 0 Å². The van der Waals surface area contributed by atoms with Crippen LogP contribution in [-0.2, 0) is 6.54 Å². The molecule has 3 rings (SSSR count). The Morgan fingerprint density at radius 3 is 2.44 bits per heavy atom. The molecule has 0 bridgehead atoms. The molecule has 2 aromatic heterocycles. The molecule has 0 aliphatic rings. The van der Waals surface area contributed by atoms with Gasteiger partial charge in [0.2, 0.25) is 0 Å². The molecule has 0 fully saturated rings. The summed E-state index contributed by atoms with van der Waals surface area (Å²) in [6.07, 6.45) is 4.81. The van der Waals surface area contributed by atoms with Crippen LogP contribution in [0.15, 0.2) is 61.1 Å². The van der Waals surface area contributed by atoms with Crippen molar-refractivity contribution in [3.05, 3.63) is 89.0 Å². The minimum Gasteiger partial charge on any atom is -0.347 e. The van der Waals surface area contributed by atoms with Crippen LogP contribution in [0.1, 0.15) is 37.5 Å². The van der Waals surface area contributed by atoms with E-state index >= 15 is 0 Å². The number of nitrogens with zero attached hydrogens (tertiary/aromatic N) is 2. The maximum Gasteiger partial charge on any atom is 0.270 e. The highest BCUT2D eigenvalue weighted by molar-refractivity contribution is 6.05. The number of carbonyl (C=O) groups excluding carboxylic acids is 2. The maximum absolute atomic E-state index is 12.5. The third kappa shape index (κ3) is 4.98. The molecule has 0 saturated carbocycles. The normalized spacial score (nSPS) is 10.3.